The molecule has 4 aromatic rings. The number of aliphatic hydroxyl groups is 1. The highest BCUT2D eigenvalue weighted by molar-refractivity contribution is 5.72. The van der Waals surface area contributed by atoms with E-state index >= 15 is 0 Å². The van der Waals surface area contributed by atoms with Gasteiger partial charge < -0.3 is 19.8 Å². The molecule has 1 atom stereocenters. The molecule has 4 N–H and O–H groups in total. The number of phenols is 1. The van der Waals surface area contributed by atoms with Gasteiger partial charge in [-0.2, -0.15) is 0 Å². The van der Waals surface area contributed by atoms with Gasteiger partial charge in [-0.25, -0.2) is 20.8 Å². The number of aliphatic hydroxyl groups excluding tert-OH is 1. The summed E-state index contributed by atoms with van der Waals surface area (Å²) in [6.45, 7) is 8.04. The number of nitrogens with zero attached hydrogens (tertiary/aromatic N) is 3. The fourth-order valence-corrected chi connectivity index (χ4v) is 4.01. The van der Waals surface area contributed by atoms with Gasteiger partial charge in [0, 0.05) is 17.2 Å². The van der Waals surface area contributed by atoms with Crippen molar-refractivity contribution in [3.05, 3.63) is 76.9 Å². The number of aryl methyl sites for hydroxylation is 4. The summed E-state index contributed by atoms with van der Waals surface area (Å²) < 4.78 is 5.53. The lowest BCUT2D eigenvalue weighted by Gasteiger charge is -2.14. The van der Waals surface area contributed by atoms with Gasteiger partial charge in [0.2, 0.25) is 0 Å². The first-order valence-electron chi connectivity index (χ1n) is 11.6. The molecule has 0 aliphatic rings. The molecule has 0 saturated carbocycles. The highest BCUT2D eigenvalue weighted by atomic mass is 16.6. The Balaban J connectivity index is 1.79. The van der Waals surface area contributed by atoms with E-state index in [4.69, 9.17) is 25.6 Å². The lowest BCUT2D eigenvalue weighted by Crippen LogP contribution is -2.25. The molecule has 36 heavy (non-hydrogen) atoms. The second-order valence-corrected chi connectivity index (χ2v) is 8.92. The lowest BCUT2D eigenvalue weighted by atomic mass is 10.0. The number of rotatable bonds is 8. The molecule has 0 fully saturated rings. The van der Waals surface area contributed by atoms with Crippen LogP contribution in [-0.4, -0.2) is 44.5 Å². The number of phenolic OH excluding ortho intramolecular Hbond substituents is 1. The first-order valence-corrected chi connectivity index (χ1v) is 11.6. The molecule has 0 amide bonds. The van der Waals surface area contributed by atoms with Gasteiger partial charge in [0.05, 0.1) is 12.2 Å². The zero-order chi connectivity index (χ0) is 25.8. The minimum absolute atomic E-state index is 0.0323. The molecule has 8 nitrogen and oxygen atoms in total. The summed E-state index contributed by atoms with van der Waals surface area (Å²) in [4.78, 5) is 18.7. The lowest BCUT2D eigenvalue weighted by molar-refractivity contribution is 0.0116. The van der Waals surface area contributed by atoms with Crippen LogP contribution < -0.4 is 10.6 Å². The number of benzene rings is 3. The first kappa shape index (κ1) is 25.2. The molecule has 0 aliphatic carbocycles. The molecule has 8 heteroatoms. The van der Waals surface area contributed by atoms with Crippen LogP contribution in [0.15, 0.2) is 54.6 Å². The van der Waals surface area contributed by atoms with E-state index in [1.54, 1.807) is 12.1 Å². The normalized spacial score (nSPS) is 11.9. The van der Waals surface area contributed by atoms with Crippen molar-refractivity contribution < 1.29 is 19.8 Å². The molecule has 3 aromatic carbocycles. The van der Waals surface area contributed by atoms with E-state index < -0.39 is 6.10 Å². The summed E-state index contributed by atoms with van der Waals surface area (Å²) in [6, 6.07) is 17.1. The third-order valence-corrected chi connectivity index (χ3v) is 5.82. The Morgan fingerprint density at radius 3 is 1.69 bits per heavy atom. The molecule has 0 aliphatic heterocycles. The summed E-state index contributed by atoms with van der Waals surface area (Å²) in [6.07, 6.45) is -0.888. The smallest absolute Gasteiger partial charge is 0.167 e. The largest absolute Gasteiger partial charge is 0.507 e. The summed E-state index contributed by atoms with van der Waals surface area (Å²) in [5.74, 6) is 6.69. The second-order valence-electron chi connectivity index (χ2n) is 8.92. The fourth-order valence-electron chi connectivity index (χ4n) is 4.01. The summed E-state index contributed by atoms with van der Waals surface area (Å²) in [5.41, 5.74) is 6.62. The van der Waals surface area contributed by atoms with Crippen LogP contribution in [0.2, 0.25) is 0 Å². The van der Waals surface area contributed by atoms with Crippen LogP contribution in [0.25, 0.3) is 34.2 Å². The Bertz CT molecular complexity index is 1320. The van der Waals surface area contributed by atoms with Crippen molar-refractivity contribution in [2.24, 2.45) is 5.90 Å². The Morgan fingerprint density at radius 1 is 0.722 bits per heavy atom. The van der Waals surface area contributed by atoms with Gasteiger partial charge in [-0.1, -0.05) is 47.5 Å². The molecule has 4 rings (SSSR count). The Hall–Kier alpha value is -3.85. The van der Waals surface area contributed by atoms with Crippen LogP contribution in [0.3, 0.4) is 0 Å². The number of hydrogen-bond acceptors (Lipinski definition) is 8. The molecule has 1 heterocycles. The summed E-state index contributed by atoms with van der Waals surface area (Å²) in [7, 11) is 0. The van der Waals surface area contributed by atoms with Crippen molar-refractivity contribution in [1.29, 1.82) is 0 Å². The Kier molecular flexibility index (Phi) is 7.59. The zero-order valence-corrected chi connectivity index (χ0v) is 20.8. The third kappa shape index (κ3) is 5.68. The van der Waals surface area contributed by atoms with Gasteiger partial charge >= 0.3 is 0 Å². The van der Waals surface area contributed by atoms with Crippen LogP contribution >= 0.6 is 0 Å². The van der Waals surface area contributed by atoms with Crippen molar-refractivity contribution in [2.75, 3.05) is 13.2 Å². The maximum absolute atomic E-state index is 10.8. The molecular formula is C28H30N4O4. The maximum atomic E-state index is 10.8. The van der Waals surface area contributed by atoms with Crippen LogP contribution in [-0.2, 0) is 4.84 Å². The van der Waals surface area contributed by atoms with E-state index in [1.807, 2.05) is 52.0 Å². The first-order chi connectivity index (χ1) is 17.2. The molecule has 0 radical (unpaired) electrons. The number of aromatic nitrogens is 3. The Morgan fingerprint density at radius 2 is 1.22 bits per heavy atom. The van der Waals surface area contributed by atoms with Crippen molar-refractivity contribution in [1.82, 2.24) is 15.0 Å². The summed E-state index contributed by atoms with van der Waals surface area (Å²) in [5, 5.41) is 20.6. The molecular weight excluding hydrogens is 456 g/mol. The SMILES string of the molecule is Cc1ccc(-c2nc(-c3ccc(C)cc3C)nc(-c3ccc(OCC(O)CON)cc3O)n2)c(C)c1. The number of nitrogens with two attached hydrogens (primary N) is 1. The quantitative estimate of drug-likeness (QED) is 0.312. The van der Waals surface area contributed by atoms with Crippen molar-refractivity contribution in [3.63, 3.8) is 0 Å². The van der Waals surface area contributed by atoms with Gasteiger partial charge in [0.25, 0.3) is 0 Å². The monoisotopic (exact) mass is 486 g/mol. The van der Waals surface area contributed by atoms with Crippen LogP contribution in [0.5, 0.6) is 11.5 Å². The van der Waals surface area contributed by atoms with Gasteiger partial charge in [0.15, 0.2) is 17.5 Å². The fraction of sp³-hybridized carbons (Fsp3) is 0.250. The molecule has 186 valence electrons. The second kappa shape index (κ2) is 10.8. The topological polar surface area (TPSA) is 124 Å². The van der Waals surface area contributed by atoms with E-state index in [-0.39, 0.29) is 19.0 Å². The van der Waals surface area contributed by atoms with E-state index in [1.165, 1.54) is 6.07 Å². The van der Waals surface area contributed by atoms with E-state index in [0.29, 0.717) is 28.8 Å². The zero-order valence-electron chi connectivity index (χ0n) is 20.8. The molecule has 0 bridgehead atoms. The minimum Gasteiger partial charge on any atom is -0.507 e. The van der Waals surface area contributed by atoms with Crippen LogP contribution in [0.4, 0.5) is 0 Å². The van der Waals surface area contributed by atoms with Crippen LogP contribution in [0.1, 0.15) is 22.3 Å². The number of hydrogen-bond donors (Lipinski definition) is 3. The highest BCUT2D eigenvalue weighted by Gasteiger charge is 2.17. The predicted molar refractivity (Wildman–Crippen MR) is 138 cm³/mol. The number of ether oxygens (including phenoxy) is 1. The average Bonchev–Trinajstić information content (AvgIpc) is 2.82. The van der Waals surface area contributed by atoms with Gasteiger partial charge in [-0.05, 0) is 51.0 Å². The van der Waals surface area contributed by atoms with Crippen molar-refractivity contribution >= 4 is 0 Å². The van der Waals surface area contributed by atoms with Crippen molar-refractivity contribution in [2.45, 2.75) is 33.8 Å². The molecule has 0 saturated heterocycles. The minimum atomic E-state index is -0.888. The highest BCUT2D eigenvalue weighted by Crippen LogP contribution is 2.34. The predicted octanol–water partition coefficient (Wildman–Crippen LogP) is 4.44. The molecule has 1 aromatic heterocycles. The average molecular weight is 487 g/mol. The Labute approximate surface area is 210 Å². The standard InChI is InChI=1S/C28H30N4O4/c1-16-5-8-22(18(3)11-16)26-30-27(23-9-6-17(2)12-19(23)4)32-28(31-26)24-10-7-21(13-25(24)34)35-14-20(33)15-36-29/h5-13,20,33-34H,14-15,29H2,1-4H3. The van der Waals surface area contributed by atoms with E-state index in [9.17, 15) is 10.2 Å². The van der Waals surface area contributed by atoms with Crippen molar-refractivity contribution in [3.8, 4) is 45.7 Å². The van der Waals surface area contributed by atoms with Gasteiger partial charge in [-0.3, -0.25) is 0 Å². The molecule has 0 spiro atoms. The number of aromatic hydroxyl groups is 1. The summed E-state index contributed by atoms with van der Waals surface area (Å²) >= 11 is 0. The van der Waals surface area contributed by atoms with E-state index in [0.717, 1.165) is 33.4 Å². The maximum Gasteiger partial charge on any atom is 0.167 e. The third-order valence-electron chi connectivity index (χ3n) is 5.82. The van der Waals surface area contributed by atoms with E-state index in [2.05, 4.69) is 17.0 Å². The molecule has 1 unspecified atom stereocenters. The van der Waals surface area contributed by atoms with Crippen LogP contribution in [0, 0.1) is 27.7 Å². The van der Waals surface area contributed by atoms with Gasteiger partial charge in [-0.15, -0.1) is 0 Å². The van der Waals surface area contributed by atoms with Gasteiger partial charge in [0.1, 0.15) is 24.2 Å².